The van der Waals surface area contributed by atoms with E-state index < -0.39 is 0 Å². The Hall–Kier alpha value is -2.04. The van der Waals surface area contributed by atoms with E-state index >= 15 is 0 Å². The molecule has 2 aliphatic heterocycles. The van der Waals surface area contributed by atoms with Gasteiger partial charge < -0.3 is 19.9 Å². The maximum absolute atomic E-state index is 6.04. The van der Waals surface area contributed by atoms with Gasteiger partial charge in [-0.15, -0.1) is 0 Å². The molecule has 2 heterocycles. The third-order valence-electron chi connectivity index (χ3n) is 4.60. The number of ether oxygens (including phenoxy) is 1. The first kappa shape index (κ1) is 14.5. The van der Waals surface area contributed by atoms with Crippen molar-refractivity contribution in [2.45, 2.75) is 6.42 Å². The first-order chi connectivity index (χ1) is 11.4. The molecule has 2 aromatic rings. The van der Waals surface area contributed by atoms with Gasteiger partial charge in [0.05, 0.1) is 11.4 Å². The summed E-state index contributed by atoms with van der Waals surface area (Å²) in [7, 11) is 0. The molecule has 0 unspecified atom stereocenters. The second kappa shape index (κ2) is 6.60. The Kier molecular flexibility index (Phi) is 4.18. The lowest BCUT2D eigenvalue weighted by Gasteiger charge is -2.34. The Morgan fingerprint density at radius 2 is 1.43 bits per heavy atom. The van der Waals surface area contributed by atoms with Gasteiger partial charge in [-0.05, 0) is 37.2 Å². The number of nitrogens with zero attached hydrogens (tertiary/aromatic N) is 2. The number of rotatable bonds is 4. The van der Waals surface area contributed by atoms with Crippen LogP contribution in [0.15, 0.2) is 48.5 Å². The number of fused-ring (bicyclic) bond motifs is 2. The van der Waals surface area contributed by atoms with Crippen LogP contribution in [0, 0.1) is 0 Å². The van der Waals surface area contributed by atoms with Crippen LogP contribution in [-0.4, -0.2) is 44.2 Å². The molecule has 4 nitrogen and oxygen atoms in total. The lowest BCUT2D eigenvalue weighted by Crippen LogP contribution is -2.44. The number of benzene rings is 2. The number of hydrogen-bond donors (Lipinski definition) is 1. The minimum absolute atomic E-state index is 0.952. The average Bonchev–Trinajstić information content (AvgIpc) is 2.62. The standard InChI is InChI=1S/C19H23N3O/c1-3-8-18-16(6-1)22(17-7-2-4-9-19(17)23-18)13-5-12-21-14-10-20-11-15-21/h1-4,6-9,20H,5,10-15H2. The molecule has 120 valence electrons. The van der Waals surface area contributed by atoms with Crippen LogP contribution in [0.4, 0.5) is 11.4 Å². The summed E-state index contributed by atoms with van der Waals surface area (Å²) in [6.07, 6.45) is 1.16. The predicted octanol–water partition coefficient (Wildman–Crippen LogP) is 3.23. The Balaban J connectivity index is 1.50. The normalized spacial score (nSPS) is 17.3. The summed E-state index contributed by atoms with van der Waals surface area (Å²) in [6, 6.07) is 16.6. The molecule has 2 aliphatic rings. The van der Waals surface area contributed by atoms with E-state index in [1.54, 1.807) is 0 Å². The van der Waals surface area contributed by atoms with Crippen molar-refractivity contribution in [3.63, 3.8) is 0 Å². The lowest BCUT2D eigenvalue weighted by atomic mass is 10.1. The molecule has 4 heteroatoms. The highest BCUT2D eigenvalue weighted by molar-refractivity contribution is 5.77. The molecule has 0 aliphatic carbocycles. The lowest BCUT2D eigenvalue weighted by molar-refractivity contribution is 0.239. The third-order valence-corrected chi connectivity index (χ3v) is 4.60. The molecule has 0 spiro atoms. The number of piperazine rings is 1. The first-order valence-corrected chi connectivity index (χ1v) is 8.48. The van der Waals surface area contributed by atoms with Gasteiger partial charge in [0.2, 0.25) is 0 Å². The molecule has 0 aromatic heterocycles. The SMILES string of the molecule is c1ccc2c(c1)Oc1ccccc1N2CCCN1CCNCC1. The van der Waals surface area contributed by atoms with E-state index in [9.17, 15) is 0 Å². The number of hydrogen-bond acceptors (Lipinski definition) is 4. The molecule has 0 atom stereocenters. The van der Waals surface area contributed by atoms with Gasteiger partial charge in [0.25, 0.3) is 0 Å². The van der Waals surface area contributed by atoms with Crippen LogP contribution in [0.2, 0.25) is 0 Å². The van der Waals surface area contributed by atoms with Crippen LogP contribution in [-0.2, 0) is 0 Å². The van der Waals surface area contributed by atoms with E-state index in [0.29, 0.717) is 0 Å². The smallest absolute Gasteiger partial charge is 0.151 e. The zero-order valence-corrected chi connectivity index (χ0v) is 13.4. The maximum atomic E-state index is 6.04. The van der Waals surface area contributed by atoms with Crippen molar-refractivity contribution in [2.75, 3.05) is 44.2 Å². The van der Waals surface area contributed by atoms with Crippen LogP contribution in [0.3, 0.4) is 0 Å². The Morgan fingerprint density at radius 3 is 2.09 bits per heavy atom. The molecule has 0 saturated carbocycles. The van der Waals surface area contributed by atoms with E-state index in [4.69, 9.17) is 4.74 Å². The van der Waals surface area contributed by atoms with Crippen LogP contribution < -0.4 is 15.0 Å². The molecule has 0 bridgehead atoms. The third kappa shape index (κ3) is 3.05. The molecule has 23 heavy (non-hydrogen) atoms. The van der Waals surface area contributed by atoms with Gasteiger partial charge >= 0.3 is 0 Å². The Labute approximate surface area is 137 Å². The van der Waals surface area contributed by atoms with E-state index in [0.717, 1.165) is 57.2 Å². The minimum atomic E-state index is 0.952. The van der Waals surface area contributed by atoms with Crippen LogP contribution in [0.5, 0.6) is 11.5 Å². The predicted molar refractivity (Wildman–Crippen MR) is 93.9 cm³/mol. The van der Waals surface area contributed by atoms with Gasteiger partial charge in [-0.3, -0.25) is 0 Å². The van der Waals surface area contributed by atoms with Crippen LogP contribution >= 0.6 is 0 Å². The summed E-state index contributed by atoms with van der Waals surface area (Å²) in [5.41, 5.74) is 2.35. The van der Waals surface area contributed by atoms with Gasteiger partial charge in [-0.25, -0.2) is 0 Å². The Bertz CT molecular complexity index is 622. The second-order valence-electron chi connectivity index (χ2n) is 6.13. The van der Waals surface area contributed by atoms with Crippen molar-refractivity contribution < 1.29 is 4.74 Å². The highest BCUT2D eigenvalue weighted by Gasteiger charge is 2.23. The van der Waals surface area contributed by atoms with E-state index in [1.807, 2.05) is 12.1 Å². The number of anilines is 2. The fourth-order valence-corrected chi connectivity index (χ4v) is 3.41. The van der Waals surface area contributed by atoms with Crippen molar-refractivity contribution in [3.05, 3.63) is 48.5 Å². The quantitative estimate of drug-likeness (QED) is 0.938. The average molecular weight is 309 g/mol. The van der Waals surface area contributed by atoms with Crippen LogP contribution in [0.25, 0.3) is 0 Å². The molecular formula is C19H23N3O. The summed E-state index contributed by atoms with van der Waals surface area (Å²) < 4.78 is 6.04. The van der Waals surface area contributed by atoms with E-state index in [-0.39, 0.29) is 0 Å². The van der Waals surface area contributed by atoms with Crippen LogP contribution in [0.1, 0.15) is 6.42 Å². The fraction of sp³-hybridized carbons (Fsp3) is 0.368. The summed E-state index contributed by atoms with van der Waals surface area (Å²) >= 11 is 0. The van der Waals surface area contributed by atoms with Crippen molar-refractivity contribution >= 4 is 11.4 Å². The van der Waals surface area contributed by atoms with Crippen molar-refractivity contribution in [1.82, 2.24) is 10.2 Å². The molecule has 1 fully saturated rings. The van der Waals surface area contributed by atoms with Crippen molar-refractivity contribution in [1.29, 1.82) is 0 Å². The first-order valence-electron chi connectivity index (χ1n) is 8.48. The number of nitrogens with one attached hydrogen (secondary N) is 1. The zero-order valence-electron chi connectivity index (χ0n) is 13.4. The van der Waals surface area contributed by atoms with Crippen molar-refractivity contribution in [2.24, 2.45) is 0 Å². The second-order valence-corrected chi connectivity index (χ2v) is 6.13. The highest BCUT2D eigenvalue weighted by atomic mass is 16.5. The minimum Gasteiger partial charge on any atom is -0.453 e. The summed E-state index contributed by atoms with van der Waals surface area (Å²) in [4.78, 5) is 4.95. The molecule has 0 amide bonds. The fourth-order valence-electron chi connectivity index (χ4n) is 3.41. The maximum Gasteiger partial charge on any atom is 0.151 e. The Morgan fingerprint density at radius 1 is 0.826 bits per heavy atom. The zero-order chi connectivity index (χ0) is 15.5. The van der Waals surface area contributed by atoms with Gasteiger partial charge in [0, 0.05) is 32.7 Å². The molecular weight excluding hydrogens is 286 g/mol. The van der Waals surface area contributed by atoms with Crippen molar-refractivity contribution in [3.8, 4) is 11.5 Å². The summed E-state index contributed by atoms with van der Waals surface area (Å²) in [5.74, 6) is 1.90. The largest absolute Gasteiger partial charge is 0.453 e. The number of para-hydroxylation sites is 4. The van der Waals surface area contributed by atoms with E-state index in [1.165, 1.54) is 11.4 Å². The summed E-state index contributed by atoms with van der Waals surface area (Å²) in [5, 5.41) is 3.41. The molecule has 0 radical (unpaired) electrons. The van der Waals surface area contributed by atoms with E-state index in [2.05, 4.69) is 51.5 Å². The monoisotopic (exact) mass is 309 g/mol. The molecule has 2 aromatic carbocycles. The van der Waals surface area contributed by atoms with Gasteiger partial charge in [0.1, 0.15) is 0 Å². The molecule has 1 saturated heterocycles. The van der Waals surface area contributed by atoms with Gasteiger partial charge in [0.15, 0.2) is 11.5 Å². The summed E-state index contributed by atoms with van der Waals surface area (Å²) in [6.45, 7) is 6.73. The van der Waals surface area contributed by atoms with Gasteiger partial charge in [-0.2, -0.15) is 0 Å². The topological polar surface area (TPSA) is 27.7 Å². The molecule has 1 N–H and O–H groups in total. The highest BCUT2D eigenvalue weighted by Crippen LogP contribution is 2.46. The van der Waals surface area contributed by atoms with Gasteiger partial charge in [-0.1, -0.05) is 24.3 Å². The molecule has 4 rings (SSSR count).